The topological polar surface area (TPSA) is 23.8 Å². The SMILES string of the molecule is CCC1=C(C)/C(=C(\c2c(F)c(F)c(F)c(F)c2F)c2c(C)c(CC)c(/C=C/c3ccc(N(C)C)cc3)n2B(F)F)N=C1/C=C/c1ccc(N(C)C)cc1. The summed E-state index contributed by atoms with van der Waals surface area (Å²) in [6.45, 7) is 6.66. The first-order chi connectivity index (χ1) is 25.1. The maximum absolute atomic E-state index is 15.9. The molecule has 1 aliphatic heterocycles. The number of hydrogen-bond donors (Lipinski definition) is 0. The molecule has 1 aliphatic rings. The van der Waals surface area contributed by atoms with Crippen LogP contribution in [0.2, 0.25) is 0 Å². The second kappa shape index (κ2) is 15.8. The third-order valence-electron chi connectivity index (χ3n) is 9.49. The van der Waals surface area contributed by atoms with Crippen molar-refractivity contribution in [3.8, 4) is 0 Å². The van der Waals surface area contributed by atoms with Crippen LogP contribution in [0.1, 0.15) is 66.4 Å². The van der Waals surface area contributed by atoms with Crippen molar-refractivity contribution in [3.63, 3.8) is 0 Å². The van der Waals surface area contributed by atoms with Crippen LogP contribution in [0.25, 0.3) is 23.8 Å². The Kier molecular flexibility index (Phi) is 11.6. The smallest absolute Gasteiger partial charge is 0.378 e. The third-order valence-corrected chi connectivity index (χ3v) is 9.49. The zero-order valence-corrected chi connectivity index (χ0v) is 30.9. The van der Waals surface area contributed by atoms with Crippen LogP contribution in [0.15, 0.2) is 76.4 Å². The van der Waals surface area contributed by atoms with Gasteiger partial charge in [0.05, 0.1) is 17.0 Å². The molecule has 2 heterocycles. The molecule has 0 spiro atoms. The second-order valence-corrected chi connectivity index (χ2v) is 13.1. The molecule has 276 valence electrons. The van der Waals surface area contributed by atoms with E-state index in [2.05, 4.69) is 0 Å². The van der Waals surface area contributed by atoms with Gasteiger partial charge in [-0.3, -0.25) is 8.63 Å². The monoisotopic (exact) mass is 732 g/mol. The molecule has 0 unspecified atom stereocenters. The Morgan fingerprint density at radius 3 is 1.58 bits per heavy atom. The number of anilines is 2. The van der Waals surface area contributed by atoms with Gasteiger partial charge in [0.1, 0.15) is 0 Å². The number of rotatable bonds is 11. The molecule has 5 rings (SSSR count). The number of halogens is 7. The van der Waals surface area contributed by atoms with E-state index in [1.54, 1.807) is 32.1 Å². The average Bonchev–Trinajstić information content (AvgIpc) is 3.61. The molecule has 53 heavy (non-hydrogen) atoms. The van der Waals surface area contributed by atoms with Crippen LogP contribution in [0.3, 0.4) is 0 Å². The largest absolute Gasteiger partial charge is 0.678 e. The number of allylic oxidation sites excluding steroid dienone is 3. The Morgan fingerprint density at radius 1 is 0.679 bits per heavy atom. The zero-order chi connectivity index (χ0) is 38.9. The maximum atomic E-state index is 15.9. The van der Waals surface area contributed by atoms with E-state index < -0.39 is 53.3 Å². The molecule has 0 radical (unpaired) electrons. The third kappa shape index (κ3) is 7.36. The highest BCUT2D eigenvalue weighted by molar-refractivity contribution is 6.42. The molecule has 0 amide bonds. The molecule has 0 fully saturated rings. The molecule has 0 bridgehead atoms. The summed E-state index contributed by atoms with van der Waals surface area (Å²) in [5.41, 5.74) is 2.82. The lowest BCUT2D eigenvalue weighted by molar-refractivity contribution is 0.376. The van der Waals surface area contributed by atoms with Crippen LogP contribution in [0, 0.1) is 36.0 Å². The van der Waals surface area contributed by atoms with Gasteiger partial charge in [0.15, 0.2) is 23.3 Å². The first kappa shape index (κ1) is 39.0. The van der Waals surface area contributed by atoms with E-state index >= 15 is 17.4 Å². The minimum absolute atomic E-state index is 0.0225. The fraction of sp³-hybridized carbons (Fsp3) is 0.244. The molecular formula is C41H40BF7N4. The second-order valence-electron chi connectivity index (χ2n) is 13.1. The van der Waals surface area contributed by atoms with Gasteiger partial charge in [-0.05, 0) is 96.5 Å². The Labute approximate surface area is 306 Å². The molecule has 4 nitrogen and oxygen atoms in total. The van der Waals surface area contributed by atoms with Crippen LogP contribution in [-0.2, 0) is 6.42 Å². The summed E-state index contributed by atoms with van der Waals surface area (Å²) in [4.78, 5) is 8.55. The number of aromatic nitrogens is 1. The summed E-state index contributed by atoms with van der Waals surface area (Å²) in [6.07, 6.45) is 7.15. The fourth-order valence-corrected chi connectivity index (χ4v) is 6.64. The summed E-state index contributed by atoms with van der Waals surface area (Å²) in [7, 11) is 4.31. The van der Waals surface area contributed by atoms with Gasteiger partial charge in [-0.2, -0.15) is 0 Å². The average molecular weight is 733 g/mol. The number of nitrogens with zero attached hydrogens (tertiary/aromatic N) is 4. The van der Waals surface area contributed by atoms with Gasteiger partial charge in [-0.15, -0.1) is 0 Å². The number of benzene rings is 3. The Balaban J connectivity index is 1.83. The molecule has 0 N–H and O–H groups in total. The minimum atomic E-state index is -3.28. The van der Waals surface area contributed by atoms with Crippen molar-refractivity contribution in [1.29, 1.82) is 0 Å². The normalized spacial score (nSPS) is 14.2. The van der Waals surface area contributed by atoms with Crippen LogP contribution in [0.4, 0.5) is 42.0 Å². The van der Waals surface area contributed by atoms with Crippen molar-refractivity contribution in [3.05, 3.63) is 140 Å². The molecule has 4 aromatic rings. The predicted octanol–water partition coefficient (Wildman–Crippen LogP) is 10.8. The minimum Gasteiger partial charge on any atom is -0.378 e. The first-order valence-corrected chi connectivity index (χ1v) is 17.1. The first-order valence-electron chi connectivity index (χ1n) is 17.1. The molecule has 0 aliphatic carbocycles. The Hall–Kier alpha value is -5.26. The van der Waals surface area contributed by atoms with Crippen molar-refractivity contribution < 1.29 is 30.6 Å². The van der Waals surface area contributed by atoms with E-state index in [0.717, 1.165) is 16.9 Å². The van der Waals surface area contributed by atoms with E-state index in [-0.39, 0.29) is 23.4 Å². The summed E-state index contributed by atoms with van der Waals surface area (Å²) >= 11 is 0. The van der Waals surface area contributed by atoms with E-state index in [0.29, 0.717) is 38.9 Å². The van der Waals surface area contributed by atoms with Gasteiger partial charge >= 0.3 is 7.40 Å². The van der Waals surface area contributed by atoms with Crippen LogP contribution >= 0.6 is 0 Å². The molecule has 12 heteroatoms. The molecule has 0 saturated carbocycles. The molecule has 3 aromatic carbocycles. The van der Waals surface area contributed by atoms with E-state index in [9.17, 15) is 13.2 Å². The summed E-state index contributed by atoms with van der Waals surface area (Å²) < 4.78 is 108. The predicted molar refractivity (Wildman–Crippen MR) is 204 cm³/mol. The van der Waals surface area contributed by atoms with Crippen molar-refractivity contribution in [2.75, 3.05) is 38.0 Å². The molecule has 0 saturated heterocycles. The highest BCUT2D eigenvalue weighted by Crippen LogP contribution is 2.44. The van der Waals surface area contributed by atoms with Crippen molar-refractivity contribution in [2.24, 2.45) is 4.99 Å². The standard InChI is InChI=1S/C41H40BF7N4/c1-9-29-23(3)40(50-31(29)21-15-25-11-17-27(18-12-25)51(5)6)34(33-35(43)37(45)39(47)38(46)36(33)44)41-24(4)30(10-2)32(53(41)42(48)49)22-16-26-13-19-28(20-14-26)52(7)8/h11-22H,9-10H2,1-8H3/b21-15+,22-16+,40-34-. The Bertz CT molecular complexity index is 2160. The number of hydrogen-bond acceptors (Lipinski definition) is 3. The van der Waals surface area contributed by atoms with E-state index in [1.165, 1.54) is 13.0 Å². The van der Waals surface area contributed by atoms with E-state index in [1.807, 2.05) is 93.4 Å². The van der Waals surface area contributed by atoms with E-state index in [4.69, 9.17) is 4.99 Å². The van der Waals surface area contributed by atoms with Gasteiger partial charge in [-0.1, -0.05) is 50.3 Å². The molecule has 0 atom stereocenters. The van der Waals surface area contributed by atoms with Gasteiger partial charge in [0.2, 0.25) is 5.82 Å². The van der Waals surface area contributed by atoms with Crippen LogP contribution in [-0.4, -0.2) is 45.8 Å². The highest BCUT2D eigenvalue weighted by atomic mass is 19.2. The fourth-order valence-electron chi connectivity index (χ4n) is 6.64. The van der Waals surface area contributed by atoms with Crippen molar-refractivity contribution in [2.45, 2.75) is 40.5 Å². The maximum Gasteiger partial charge on any atom is 0.678 e. The Morgan fingerprint density at radius 2 is 1.15 bits per heavy atom. The summed E-state index contributed by atoms with van der Waals surface area (Å²) in [5.74, 6) is -11.0. The van der Waals surface area contributed by atoms with Crippen molar-refractivity contribution in [1.82, 2.24) is 4.48 Å². The van der Waals surface area contributed by atoms with Gasteiger partial charge in [0, 0.05) is 56.5 Å². The molecule has 1 aromatic heterocycles. The highest BCUT2D eigenvalue weighted by Gasteiger charge is 2.37. The number of aliphatic imine (C=N–C) groups is 1. The summed E-state index contributed by atoms with van der Waals surface area (Å²) in [6, 6.07) is 14.9. The van der Waals surface area contributed by atoms with Gasteiger partial charge < -0.3 is 14.3 Å². The van der Waals surface area contributed by atoms with Gasteiger partial charge in [-0.25, -0.2) is 26.9 Å². The lowest BCUT2D eigenvalue weighted by Gasteiger charge is -2.18. The summed E-state index contributed by atoms with van der Waals surface area (Å²) in [5, 5.41) is 0. The lowest BCUT2D eigenvalue weighted by Crippen LogP contribution is -2.20. The van der Waals surface area contributed by atoms with Gasteiger partial charge in [0.25, 0.3) is 0 Å². The quantitative estimate of drug-likeness (QED) is 0.0664. The van der Waals surface area contributed by atoms with Crippen molar-refractivity contribution >= 4 is 48.3 Å². The molecular weight excluding hydrogens is 692 g/mol. The zero-order valence-electron chi connectivity index (χ0n) is 30.9. The van der Waals surface area contributed by atoms with Crippen LogP contribution < -0.4 is 9.80 Å². The van der Waals surface area contributed by atoms with Crippen LogP contribution in [0.5, 0.6) is 0 Å². The lowest BCUT2D eigenvalue weighted by atomic mass is 9.91.